The molecule has 0 bridgehead atoms. The molecule has 0 aliphatic rings. The van der Waals surface area contributed by atoms with E-state index in [1.54, 1.807) is 0 Å². The van der Waals surface area contributed by atoms with Crippen LogP contribution in [-0.4, -0.2) is 0 Å². The zero-order valence-corrected chi connectivity index (χ0v) is 6.09. The summed E-state index contributed by atoms with van der Waals surface area (Å²) in [6, 6.07) is 8.24. The van der Waals surface area contributed by atoms with Crippen LogP contribution in [0.25, 0.3) is 6.08 Å². The molecular weight excluding hydrogens is 120 g/mol. The summed E-state index contributed by atoms with van der Waals surface area (Å²) in [7, 11) is 0. The second kappa shape index (κ2) is 3.05. The maximum absolute atomic E-state index is 3.50. The van der Waals surface area contributed by atoms with Crippen molar-refractivity contribution < 1.29 is 0 Å². The fourth-order valence-corrected chi connectivity index (χ4v) is 0.781. The van der Waals surface area contributed by atoms with Crippen molar-refractivity contribution in [3.63, 3.8) is 0 Å². The Balaban J connectivity index is 3.00. The van der Waals surface area contributed by atoms with Gasteiger partial charge in [0.2, 0.25) is 0 Å². The van der Waals surface area contributed by atoms with Crippen LogP contribution >= 0.6 is 0 Å². The first-order chi connectivity index (χ1) is 4.83. The summed E-state index contributed by atoms with van der Waals surface area (Å²) in [6.07, 6.45) is 1.86. The quantitative estimate of drug-likeness (QED) is 0.513. The second-order valence-corrected chi connectivity index (χ2v) is 2.26. The molecule has 0 aliphatic carbocycles. The van der Waals surface area contributed by atoms with Gasteiger partial charge in [0, 0.05) is 0 Å². The molecule has 0 aliphatic heterocycles. The zero-order valence-electron chi connectivity index (χ0n) is 6.09. The lowest BCUT2D eigenvalue weighted by Gasteiger charge is -1.91. The summed E-state index contributed by atoms with van der Waals surface area (Å²) in [5, 5.41) is 0. The Labute approximate surface area is 61.5 Å². The van der Waals surface area contributed by atoms with E-state index in [-0.39, 0.29) is 0 Å². The van der Waals surface area contributed by atoms with E-state index >= 15 is 0 Å². The van der Waals surface area contributed by atoms with Gasteiger partial charge in [0.25, 0.3) is 0 Å². The molecule has 0 nitrogen and oxygen atoms in total. The van der Waals surface area contributed by atoms with Gasteiger partial charge < -0.3 is 0 Å². The minimum Gasteiger partial charge on any atom is -0.128 e. The molecule has 1 rings (SSSR count). The molecule has 1 aromatic carbocycles. The highest BCUT2D eigenvalue weighted by Gasteiger charge is 1.83. The van der Waals surface area contributed by atoms with Crippen LogP contribution in [-0.2, 0) is 0 Å². The molecule has 0 spiro atoms. The third-order valence-corrected chi connectivity index (χ3v) is 1.35. The number of hydrogen-bond acceptors (Lipinski definition) is 0. The zero-order chi connectivity index (χ0) is 7.40. The normalized spacial score (nSPS) is 8.50. The molecule has 0 heteroatoms. The maximum atomic E-state index is 3.50. The standard InChI is InChI=1S/C10H10/c1-3-4-10-7-5-9(2)6-8-10/h4-8H,1H2,2H3. The number of aryl methyl sites for hydroxylation is 1. The van der Waals surface area contributed by atoms with E-state index in [2.05, 4.69) is 31.4 Å². The van der Waals surface area contributed by atoms with Gasteiger partial charge in [-0.3, -0.25) is 0 Å². The molecule has 0 aromatic heterocycles. The first-order valence-corrected chi connectivity index (χ1v) is 3.25. The van der Waals surface area contributed by atoms with Gasteiger partial charge in [-0.1, -0.05) is 36.4 Å². The Kier molecular flexibility index (Phi) is 2.09. The highest BCUT2D eigenvalue weighted by molar-refractivity contribution is 5.48. The average molecular weight is 130 g/mol. The highest BCUT2D eigenvalue weighted by atomic mass is 13.9. The monoisotopic (exact) mass is 130 g/mol. The van der Waals surface area contributed by atoms with Crippen molar-refractivity contribution in [1.29, 1.82) is 0 Å². The first-order valence-electron chi connectivity index (χ1n) is 3.25. The van der Waals surface area contributed by atoms with Gasteiger partial charge in [-0.25, -0.2) is 0 Å². The van der Waals surface area contributed by atoms with Crippen LogP contribution in [0.5, 0.6) is 0 Å². The molecule has 50 valence electrons. The Hall–Kier alpha value is -1.26. The van der Waals surface area contributed by atoms with Crippen molar-refractivity contribution in [2.45, 2.75) is 6.92 Å². The van der Waals surface area contributed by atoms with Gasteiger partial charge in [-0.15, -0.1) is 5.73 Å². The Morgan fingerprint density at radius 3 is 2.40 bits per heavy atom. The van der Waals surface area contributed by atoms with Crippen LogP contribution in [0.1, 0.15) is 11.1 Å². The van der Waals surface area contributed by atoms with E-state index in [9.17, 15) is 0 Å². The third kappa shape index (κ3) is 1.61. The van der Waals surface area contributed by atoms with Crippen LogP contribution in [0.4, 0.5) is 0 Å². The maximum Gasteiger partial charge on any atom is -0.0133 e. The Bertz CT molecular complexity index is 248. The van der Waals surface area contributed by atoms with E-state index in [1.807, 2.05) is 18.2 Å². The molecular formula is C10H10. The lowest BCUT2D eigenvalue weighted by atomic mass is 10.1. The lowest BCUT2D eigenvalue weighted by molar-refractivity contribution is 1.46. The molecule has 0 saturated heterocycles. The minimum atomic E-state index is 1.15. The Morgan fingerprint density at radius 2 is 1.90 bits per heavy atom. The molecule has 0 atom stereocenters. The summed E-state index contributed by atoms with van der Waals surface area (Å²) in [4.78, 5) is 0. The molecule has 0 amide bonds. The molecule has 10 heavy (non-hydrogen) atoms. The third-order valence-electron chi connectivity index (χ3n) is 1.35. The van der Waals surface area contributed by atoms with Gasteiger partial charge in [-0.2, -0.15) is 0 Å². The fraction of sp³-hybridized carbons (Fsp3) is 0.100. The van der Waals surface area contributed by atoms with E-state index in [4.69, 9.17) is 0 Å². The molecule has 0 unspecified atom stereocenters. The SMILES string of the molecule is C=C=Cc1ccc(C)cc1. The van der Waals surface area contributed by atoms with Crippen LogP contribution in [0.15, 0.2) is 36.6 Å². The topological polar surface area (TPSA) is 0 Å². The summed E-state index contributed by atoms with van der Waals surface area (Å²) in [5.41, 5.74) is 5.16. The van der Waals surface area contributed by atoms with Gasteiger partial charge >= 0.3 is 0 Å². The molecule has 0 saturated carbocycles. The predicted octanol–water partition coefficient (Wildman–Crippen LogP) is 2.79. The predicted molar refractivity (Wildman–Crippen MR) is 44.8 cm³/mol. The first kappa shape index (κ1) is 6.85. The van der Waals surface area contributed by atoms with E-state index in [1.165, 1.54) is 5.56 Å². The smallest absolute Gasteiger partial charge is 0.0133 e. The van der Waals surface area contributed by atoms with Crippen molar-refractivity contribution >= 4 is 6.08 Å². The Morgan fingerprint density at radius 1 is 1.30 bits per heavy atom. The largest absolute Gasteiger partial charge is 0.128 e. The van der Waals surface area contributed by atoms with Crippen LogP contribution < -0.4 is 0 Å². The van der Waals surface area contributed by atoms with E-state index < -0.39 is 0 Å². The number of hydrogen-bond donors (Lipinski definition) is 0. The van der Waals surface area contributed by atoms with E-state index in [0.717, 1.165) is 5.56 Å². The lowest BCUT2D eigenvalue weighted by Crippen LogP contribution is -1.71. The van der Waals surface area contributed by atoms with Crippen LogP contribution in [0.3, 0.4) is 0 Å². The molecule has 0 N–H and O–H groups in total. The van der Waals surface area contributed by atoms with Gasteiger partial charge in [0.15, 0.2) is 0 Å². The average Bonchev–Trinajstić information content (AvgIpc) is 1.95. The minimum absolute atomic E-state index is 1.15. The summed E-state index contributed by atoms with van der Waals surface area (Å²) < 4.78 is 0. The highest BCUT2D eigenvalue weighted by Crippen LogP contribution is 2.03. The van der Waals surface area contributed by atoms with Gasteiger partial charge in [0.05, 0.1) is 0 Å². The van der Waals surface area contributed by atoms with Crippen molar-refractivity contribution in [2.24, 2.45) is 0 Å². The van der Waals surface area contributed by atoms with Gasteiger partial charge in [0.1, 0.15) is 0 Å². The summed E-state index contributed by atoms with van der Waals surface area (Å²) in [6.45, 7) is 5.57. The van der Waals surface area contributed by atoms with E-state index in [0.29, 0.717) is 0 Å². The summed E-state index contributed by atoms with van der Waals surface area (Å²) >= 11 is 0. The van der Waals surface area contributed by atoms with Crippen molar-refractivity contribution in [3.05, 3.63) is 47.7 Å². The molecule has 1 aromatic rings. The van der Waals surface area contributed by atoms with Crippen LogP contribution in [0, 0.1) is 6.92 Å². The molecule has 0 radical (unpaired) electrons. The molecule has 0 heterocycles. The van der Waals surface area contributed by atoms with Crippen molar-refractivity contribution in [1.82, 2.24) is 0 Å². The van der Waals surface area contributed by atoms with Crippen molar-refractivity contribution in [3.8, 4) is 0 Å². The number of rotatable bonds is 1. The number of benzene rings is 1. The molecule has 0 fully saturated rings. The van der Waals surface area contributed by atoms with Gasteiger partial charge in [-0.05, 0) is 18.6 Å². The van der Waals surface area contributed by atoms with Crippen molar-refractivity contribution in [2.75, 3.05) is 0 Å². The van der Waals surface area contributed by atoms with Crippen LogP contribution in [0.2, 0.25) is 0 Å². The fourth-order valence-electron chi connectivity index (χ4n) is 0.781. The summed E-state index contributed by atoms with van der Waals surface area (Å²) in [5.74, 6) is 0. The second-order valence-electron chi connectivity index (χ2n) is 2.26.